The zero-order valence-corrected chi connectivity index (χ0v) is 16.1. The second-order valence-corrected chi connectivity index (χ2v) is 7.29. The lowest BCUT2D eigenvalue weighted by molar-refractivity contribution is 0.453. The molecule has 0 saturated heterocycles. The number of aromatic hydroxyl groups is 1. The topological polar surface area (TPSA) is 50.4 Å². The molecule has 1 N–H and O–H groups in total. The Kier molecular flexibility index (Phi) is 7.63. The van der Waals surface area contributed by atoms with Gasteiger partial charge in [-0.1, -0.05) is 76.2 Å². The number of rotatable bonds is 10. The summed E-state index contributed by atoms with van der Waals surface area (Å²) in [6.45, 7) is 4.03. The van der Waals surface area contributed by atoms with Crippen LogP contribution in [-0.4, -0.2) is 9.97 Å². The van der Waals surface area contributed by atoms with Gasteiger partial charge in [-0.15, -0.1) is 0 Å². The van der Waals surface area contributed by atoms with Gasteiger partial charge in [0.05, 0.1) is 10.9 Å². The van der Waals surface area contributed by atoms with Crippen LogP contribution < -0.4 is 5.63 Å². The highest BCUT2D eigenvalue weighted by molar-refractivity contribution is 7.80. The summed E-state index contributed by atoms with van der Waals surface area (Å²) < 4.78 is 5.41. The van der Waals surface area contributed by atoms with Gasteiger partial charge in [0.2, 0.25) is 0 Å². The molecule has 0 radical (unpaired) electrons. The van der Waals surface area contributed by atoms with Crippen molar-refractivity contribution in [1.82, 2.24) is 0 Å². The Hall–Kier alpha value is -1.68. The van der Waals surface area contributed by atoms with Gasteiger partial charge in [0.1, 0.15) is 11.3 Å². The van der Waals surface area contributed by atoms with Crippen molar-refractivity contribution in [1.29, 1.82) is 0 Å². The van der Waals surface area contributed by atoms with Crippen LogP contribution in [-0.2, 0) is 6.42 Å². The molecule has 0 aliphatic rings. The van der Waals surface area contributed by atoms with Crippen molar-refractivity contribution in [3.05, 3.63) is 39.7 Å². The van der Waals surface area contributed by atoms with Crippen molar-refractivity contribution in [3.8, 4) is 5.75 Å². The maximum absolute atomic E-state index is 12.2. The summed E-state index contributed by atoms with van der Waals surface area (Å²) in [5.41, 5.74) is 1.09. The highest BCUT2D eigenvalue weighted by Gasteiger charge is 2.17. The summed E-state index contributed by atoms with van der Waals surface area (Å²) in [6, 6.07) is 5.33. The molecule has 3 nitrogen and oxygen atoms in total. The molecule has 25 heavy (non-hydrogen) atoms. The minimum Gasteiger partial charge on any atom is -0.507 e. The van der Waals surface area contributed by atoms with Gasteiger partial charge < -0.3 is 9.52 Å². The minimum absolute atomic E-state index is 0.0361. The van der Waals surface area contributed by atoms with Crippen LogP contribution in [0, 0.1) is 0 Å². The van der Waals surface area contributed by atoms with E-state index < -0.39 is 5.63 Å². The van der Waals surface area contributed by atoms with Gasteiger partial charge >= 0.3 is 5.63 Å². The Balaban J connectivity index is 2.05. The van der Waals surface area contributed by atoms with Crippen LogP contribution in [0.3, 0.4) is 0 Å². The largest absolute Gasteiger partial charge is 0.507 e. The first-order chi connectivity index (χ1) is 12.1. The smallest absolute Gasteiger partial charge is 0.343 e. The third-order valence-electron chi connectivity index (χ3n) is 4.66. The molecule has 1 aromatic carbocycles. The molecular weight excluding hydrogens is 332 g/mol. The monoisotopic (exact) mass is 360 g/mol. The van der Waals surface area contributed by atoms with Gasteiger partial charge in [-0.05, 0) is 25.8 Å². The molecule has 2 rings (SSSR count). The van der Waals surface area contributed by atoms with E-state index in [0.717, 1.165) is 18.4 Å². The molecule has 4 heteroatoms. The first kappa shape index (κ1) is 19.6. The van der Waals surface area contributed by atoms with E-state index in [9.17, 15) is 9.90 Å². The average Bonchev–Trinajstić information content (AvgIpc) is 2.59. The average molecular weight is 361 g/mol. The Morgan fingerprint density at radius 1 is 1.08 bits per heavy atom. The Morgan fingerprint density at radius 3 is 2.36 bits per heavy atom. The van der Waals surface area contributed by atoms with E-state index in [1.54, 1.807) is 12.1 Å². The zero-order chi connectivity index (χ0) is 18.2. The summed E-state index contributed by atoms with van der Waals surface area (Å²) in [4.78, 5) is 12.9. The summed E-state index contributed by atoms with van der Waals surface area (Å²) in [5.74, 6) is 0.0361. The Morgan fingerprint density at radius 2 is 1.72 bits per heavy atom. The van der Waals surface area contributed by atoms with Gasteiger partial charge in [-0.3, -0.25) is 0 Å². The van der Waals surface area contributed by atoms with Crippen molar-refractivity contribution in [2.45, 2.75) is 71.6 Å². The van der Waals surface area contributed by atoms with E-state index in [2.05, 4.69) is 6.92 Å². The molecule has 0 saturated carbocycles. The first-order valence-electron chi connectivity index (χ1n) is 9.34. The third kappa shape index (κ3) is 5.15. The summed E-state index contributed by atoms with van der Waals surface area (Å²) in [6.07, 6.45) is 10.1. The van der Waals surface area contributed by atoms with E-state index in [4.69, 9.17) is 16.6 Å². The van der Waals surface area contributed by atoms with E-state index in [-0.39, 0.29) is 5.75 Å². The number of hydrogen-bond acceptors (Lipinski definition) is 4. The molecule has 1 heterocycles. The van der Waals surface area contributed by atoms with Gasteiger partial charge in [-0.25, -0.2) is 4.79 Å². The summed E-state index contributed by atoms with van der Waals surface area (Å²) in [7, 11) is 0. The van der Waals surface area contributed by atoms with Crippen LogP contribution in [0.25, 0.3) is 11.0 Å². The SMILES string of the molecule is CCCCCCCCCCc1c(O)c2c(C(C)=S)cccc2oc1=O. The standard InChI is InChI=1S/C21H28O3S/c1-3-4-5-6-7-8-9-10-12-17-20(22)19-16(15(2)25)13-11-14-18(19)24-21(17)23/h11,13-14,22H,3-10,12H2,1-2H3. The fourth-order valence-corrected chi connectivity index (χ4v) is 3.39. The van der Waals surface area contributed by atoms with Crippen LogP contribution >= 0.6 is 12.2 Å². The molecular formula is C21H28O3S. The number of benzene rings is 1. The number of unbranched alkanes of at least 4 members (excludes halogenated alkanes) is 7. The molecule has 0 fully saturated rings. The van der Waals surface area contributed by atoms with E-state index in [1.165, 1.54) is 38.5 Å². The molecule has 0 amide bonds. The van der Waals surface area contributed by atoms with E-state index in [1.807, 2.05) is 13.0 Å². The van der Waals surface area contributed by atoms with Crippen LogP contribution in [0.5, 0.6) is 5.75 Å². The summed E-state index contributed by atoms with van der Waals surface area (Å²) >= 11 is 5.26. The number of fused-ring (bicyclic) bond motifs is 1. The normalized spacial score (nSPS) is 11.1. The van der Waals surface area contributed by atoms with Gasteiger partial charge in [0.25, 0.3) is 0 Å². The van der Waals surface area contributed by atoms with Crippen LogP contribution in [0.15, 0.2) is 27.4 Å². The van der Waals surface area contributed by atoms with Crippen molar-refractivity contribution < 1.29 is 9.52 Å². The summed E-state index contributed by atoms with van der Waals surface area (Å²) in [5, 5.41) is 11.2. The maximum atomic E-state index is 12.2. The van der Waals surface area contributed by atoms with Gasteiger partial charge in [0, 0.05) is 10.4 Å². The molecule has 136 valence electrons. The van der Waals surface area contributed by atoms with Crippen molar-refractivity contribution in [3.63, 3.8) is 0 Å². The molecule has 0 spiro atoms. The van der Waals surface area contributed by atoms with Crippen molar-refractivity contribution in [2.75, 3.05) is 0 Å². The highest BCUT2D eigenvalue weighted by Crippen LogP contribution is 2.31. The molecule has 2 aromatic rings. The minimum atomic E-state index is -0.438. The van der Waals surface area contributed by atoms with Crippen molar-refractivity contribution >= 4 is 28.1 Å². The predicted octanol–water partition coefficient (Wildman–Crippen LogP) is 5.92. The molecule has 0 atom stereocenters. The lowest BCUT2D eigenvalue weighted by Gasteiger charge is -2.10. The second kappa shape index (κ2) is 9.71. The molecule has 0 bridgehead atoms. The van der Waals surface area contributed by atoms with Crippen LogP contribution in [0.4, 0.5) is 0 Å². The lowest BCUT2D eigenvalue weighted by atomic mass is 10.0. The number of hydrogen-bond donors (Lipinski definition) is 1. The van der Waals surface area contributed by atoms with Crippen LogP contribution in [0.2, 0.25) is 0 Å². The molecule has 0 aliphatic carbocycles. The second-order valence-electron chi connectivity index (χ2n) is 6.68. The van der Waals surface area contributed by atoms with Crippen molar-refractivity contribution in [2.24, 2.45) is 0 Å². The number of thiocarbonyl (C=S) groups is 1. The first-order valence-corrected chi connectivity index (χ1v) is 9.75. The van der Waals surface area contributed by atoms with E-state index >= 15 is 0 Å². The maximum Gasteiger partial charge on any atom is 0.343 e. The van der Waals surface area contributed by atoms with Crippen LogP contribution in [0.1, 0.15) is 76.3 Å². The molecule has 1 aromatic heterocycles. The third-order valence-corrected chi connectivity index (χ3v) is 4.88. The fourth-order valence-electron chi connectivity index (χ4n) is 3.22. The quantitative estimate of drug-likeness (QED) is 0.247. The predicted molar refractivity (Wildman–Crippen MR) is 108 cm³/mol. The fraction of sp³-hybridized carbons (Fsp3) is 0.524. The van der Waals surface area contributed by atoms with E-state index in [0.29, 0.717) is 27.8 Å². The highest BCUT2D eigenvalue weighted by atomic mass is 32.1. The van der Waals surface area contributed by atoms with Gasteiger partial charge in [0.15, 0.2) is 0 Å². The Bertz CT molecular complexity index is 777. The van der Waals surface area contributed by atoms with Gasteiger partial charge in [-0.2, -0.15) is 0 Å². The molecule has 0 aliphatic heterocycles. The Labute approximate surface area is 155 Å². The lowest BCUT2D eigenvalue weighted by Crippen LogP contribution is -2.09. The zero-order valence-electron chi connectivity index (χ0n) is 15.3. The molecule has 0 unspecified atom stereocenters.